The lowest BCUT2D eigenvalue weighted by atomic mass is 9.87. The van der Waals surface area contributed by atoms with Crippen LogP contribution < -0.4 is 5.01 Å². The number of carbonyl (C=O) groups excluding carboxylic acids is 1. The van der Waals surface area contributed by atoms with Crippen LogP contribution in [0.4, 0.5) is 5.69 Å². The minimum absolute atomic E-state index is 0.492. The Kier molecular flexibility index (Phi) is 8.75. The maximum atomic E-state index is 10.7. The van der Waals surface area contributed by atoms with Gasteiger partial charge in [0.05, 0.1) is 18.9 Å². The van der Waals surface area contributed by atoms with Crippen LogP contribution in [0, 0.1) is 5.92 Å². The number of aldehydes is 1. The number of aromatic nitrogens is 2. The predicted octanol–water partition coefficient (Wildman–Crippen LogP) is 3.65. The first-order chi connectivity index (χ1) is 14.0. The highest BCUT2D eigenvalue weighted by Gasteiger charge is 2.14. The smallest absolute Gasteiger partial charge is 0.207 e. The molecular weight excluding hydrogens is 368 g/mol. The molecule has 0 saturated carbocycles. The molecule has 0 radical (unpaired) electrons. The third kappa shape index (κ3) is 7.33. The van der Waals surface area contributed by atoms with Crippen LogP contribution >= 0.6 is 0 Å². The minimum Gasteiger partial charge on any atom is -0.346 e. The van der Waals surface area contributed by atoms with Crippen LogP contribution in [-0.2, 0) is 16.7 Å². The van der Waals surface area contributed by atoms with Crippen molar-refractivity contribution in [1.29, 1.82) is 0 Å². The number of aryl methyl sites for hydroxylation is 1. The molecule has 0 N–H and O–H groups in total. The second-order valence-electron chi connectivity index (χ2n) is 6.85. The van der Waals surface area contributed by atoms with Gasteiger partial charge in [-0.1, -0.05) is 29.8 Å². The lowest BCUT2D eigenvalue weighted by Gasteiger charge is -2.20. The van der Waals surface area contributed by atoms with E-state index in [0.29, 0.717) is 12.5 Å². The van der Waals surface area contributed by atoms with Gasteiger partial charge in [-0.05, 0) is 43.8 Å². The Morgan fingerprint density at radius 1 is 1.52 bits per heavy atom. The molecule has 8 nitrogen and oxygen atoms in total. The van der Waals surface area contributed by atoms with Crippen molar-refractivity contribution in [2.45, 2.75) is 33.1 Å². The van der Waals surface area contributed by atoms with Gasteiger partial charge in [-0.25, -0.2) is 5.01 Å². The highest BCUT2D eigenvalue weighted by Crippen LogP contribution is 2.27. The number of oxime groups is 1. The van der Waals surface area contributed by atoms with Crippen molar-refractivity contribution in [3.8, 4) is 0 Å². The molecule has 1 unspecified atom stereocenters. The summed E-state index contributed by atoms with van der Waals surface area (Å²) in [6.45, 7) is 8.02. The predicted molar refractivity (Wildman–Crippen MR) is 117 cm³/mol. The number of hydrogen-bond acceptors (Lipinski definition) is 7. The van der Waals surface area contributed by atoms with E-state index < -0.39 is 0 Å². The maximum Gasteiger partial charge on any atom is 0.207 e. The largest absolute Gasteiger partial charge is 0.346 e. The molecule has 0 fully saturated rings. The van der Waals surface area contributed by atoms with Crippen molar-refractivity contribution in [2.24, 2.45) is 28.2 Å². The van der Waals surface area contributed by atoms with Gasteiger partial charge >= 0.3 is 0 Å². The summed E-state index contributed by atoms with van der Waals surface area (Å²) >= 11 is 0. The molecule has 8 heteroatoms. The summed E-state index contributed by atoms with van der Waals surface area (Å²) in [6, 6.07) is 0. The number of hydrogen-bond donors (Lipinski definition) is 0. The molecule has 1 aliphatic rings. The number of aliphatic imine (C=N–C) groups is 1. The van der Waals surface area contributed by atoms with E-state index in [1.54, 1.807) is 22.1 Å². The van der Waals surface area contributed by atoms with Crippen molar-refractivity contribution in [3.05, 3.63) is 48.0 Å². The van der Waals surface area contributed by atoms with Crippen LogP contribution in [0.5, 0.6) is 0 Å². The average Bonchev–Trinajstić information content (AvgIpc) is 3.14. The van der Waals surface area contributed by atoms with Gasteiger partial charge in [0.2, 0.25) is 6.40 Å². The van der Waals surface area contributed by atoms with E-state index in [9.17, 15) is 4.79 Å². The summed E-state index contributed by atoms with van der Waals surface area (Å²) in [7, 11) is 1.84. The molecule has 0 aromatic carbocycles. The third-order valence-corrected chi connectivity index (χ3v) is 4.52. The van der Waals surface area contributed by atoms with Crippen LogP contribution in [0.3, 0.4) is 0 Å². The van der Waals surface area contributed by atoms with Crippen molar-refractivity contribution in [2.75, 3.05) is 11.6 Å². The van der Waals surface area contributed by atoms with E-state index in [0.717, 1.165) is 36.9 Å². The zero-order valence-electron chi connectivity index (χ0n) is 17.2. The van der Waals surface area contributed by atoms with Gasteiger partial charge in [0.25, 0.3) is 0 Å². The Morgan fingerprint density at radius 3 is 3.03 bits per heavy atom. The van der Waals surface area contributed by atoms with E-state index in [4.69, 9.17) is 0 Å². The summed E-state index contributed by atoms with van der Waals surface area (Å²) in [5.74, 6) is 0.492. The lowest BCUT2D eigenvalue weighted by Crippen LogP contribution is -2.12. The Balaban J connectivity index is 2.02. The third-order valence-electron chi connectivity index (χ3n) is 4.52. The molecule has 0 aliphatic heterocycles. The molecule has 0 amide bonds. The fraction of sp³-hybridized carbons (Fsp3) is 0.381. The zero-order chi connectivity index (χ0) is 21.1. The Hall–Kier alpha value is -3.29. The first-order valence-corrected chi connectivity index (χ1v) is 9.47. The van der Waals surface area contributed by atoms with Crippen molar-refractivity contribution < 1.29 is 9.63 Å². The van der Waals surface area contributed by atoms with Crippen molar-refractivity contribution >= 4 is 30.8 Å². The van der Waals surface area contributed by atoms with Gasteiger partial charge in [0.1, 0.15) is 12.0 Å². The summed E-state index contributed by atoms with van der Waals surface area (Å²) in [5, 5.41) is 13.8. The van der Waals surface area contributed by atoms with Gasteiger partial charge in [0, 0.05) is 25.7 Å². The fourth-order valence-electron chi connectivity index (χ4n) is 2.94. The van der Waals surface area contributed by atoms with Gasteiger partial charge in [-0.3, -0.25) is 14.5 Å². The van der Waals surface area contributed by atoms with Crippen LogP contribution in [0.2, 0.25) is 0 Å². The molecule has 1 atom stereocenters. The van der Waals surface area contributed by atoms with Gasteiger partial charge in [-0.2, -0.15) is 10.2 Å². The molecule has 0 spiro atoms. The number of allylic oxidation sites excluding steroid dienone is 3. The summed E-state index contributed by atoms with van der Waals surface area (Å²) < 4.78 is 1.70. The molecule has 1 aromatic rings. The van der Waals surface area contributed by atoms with Crippen LogP contribution in [-0.4, -0.2) is 41.4 Å². The monoisotopic (exact) mass is 396 g/mol. The van der Waals surface area contributed by atoms with E-state index in [2.05, 4.69) is 51.0 Å². The number of hydrazone groups is 1. The van der Waals surface area contributed by atoms with E-state index in [1.165, 1.54) is 23.6 Å². The Bertz CT molecular complexity index is 847. The SMILES string of the molecule is C=NOC=NCC1=CCC(C)C(CC/C(C)=N/N(/C=C\C=O)c2cnn(C)c2)=C1. The van der Waals surface area contributed by atoms with Crippen LogP contribution in [0.15, 0.2) is 63.2 Å². The van der Waals surface area contributed by atoms with Gasteiger partial charge in [0.15, 0.2) is 0 Å². The Labute approximate surface area is 171 Å². The molecule has 0 bridgehead atoms. The molecule has 2 rings (SSSR count). The summed E-state index contributed by atoms with van der Waals surface area (Å²) in [6.07, 6.45) is 15.8. The molecule has 1 aliphatic carbocycles. The minimum atomic E-state index is 0.492. The number of carbonyl (C=O) groups is 1. The van der Waals surface area contributed by atoms with Gasteiger partial charge < -0.3 is 4.84 Å². The summed E-state index contributed by atoms with van der Waals surface area (Å²) in [4.78, 5) is 19.6. The second kappa shape index (κ2) is 11.5. The molecular formula is C21H28N6O2. The highest BCUT2D eigenvalue weighted by atomic mass is 16.6. The number of nitrogens with zero attached hydrogens (tertiary/aromatic N) is 6. The normalized spacial score (nSPS) is 17.3. The number of rotatable bonds is 11. The lowest BCUT2D eigenvalue weighted by molar-refractivity contribution is -0.104. The molecule has 29 heavy (non-hydrogen) atoms. The highest BCUT2D eigenvalue weighted by molar-refractivity contribution is 5.83. The van der Waals surface area contributed by atoms with Gasteiger partial charge in [-0.15, -0.1) is 0 Å². The zero-order valence-corrected chi connectivity index (χ0v) is 17.2. The van der Waals surface area contributed by atoms with Crippen LogP contribution in [0.25, 0.3) is 0 Å². The first kappa shape index (κ1) is 22.0. The van der Waals surface area contributed by atoms with E-state index in [1.807, 2.05) is 20.2 Å². The standard InChI is InChI=1S/C21H28N6O2/c1-17-6-8-19(13-23-16-29-22-3)12-20(17)9-7-18(2)25-27(10-5-11-28)21-14-24-26(4)15-21/h5,8,10-12,14-17H,3,6-7,9,13H2,1-2,4H3/b10-5-,23-16?,25-18+. The molecule has 154 valence electrons. The van der Waals surface area contributed by atoms with Crippen molar-refractivity contribution in [3.63, 3.8) is 0 Å². The average molecular weight is 396 g/mol. The van der Waals surface area contributed by atoms with Crippen molar-refractivity contribution in [1.82, 2.24) is 9.78 Å². The number of anilines is 1. The maximum absolute atomic E-state index is 10.7. The molecule has 1 aromatic heterocycles. The molecule has 0 saturated heterocycles. The van der Waals surface area contributed by atoms with Crippen LogP contribution in [0.1, 0.15) is 33.1 Å². The Morgan fingerprint density at radius 2 is 2.34 bits per heavy atom. The quantitative estimate of drug-likeness (QED) is 0.188. The first-order valence-electron chi connectivity index (χ1n) is 9.47. The fourth-order valence-corrected chi connectivity index (χ4v) is 2.94. The second-order valence-corrected chi connectivity index (χ2v) is 6.85. The van der Waals surface area contributed by atoms with E-state index in [-0.39, 0.29) is 0 Å². The molecule has 1 heterocycles. The summed E-state index contributed by atoms with van der Waals surface area (Å²) in [5.41, 5.74) is 4.32. The topological polar surface area (TPSA) is 84.4 Å². The van der Waals surface area contributed by atoms with E-state index >= 15 is 0 Å².